The van der Waals surface area contributed by atoms with Gasteiger partial charge in [-0.1, -0.05) is 6.07 Å². The molecule has 0 bridgehead atoms. The van der Waals surface area contributed by atoms with Gasteiger partial charge in [0, 0.05) is 17.8 Å². The van der Waals surface area contributed by atoms with Crippen molar-refractivity contribution < 1.29 is 27.2 Å². The van der Waals surface area contributed by atoms with Crippen LogP contribution < -0.4 is 10.2 Å². The highest BCUT2D eigenvalue weighted by Gasteiger charge is 2.47. The standard InChI is InChI=1S/C15H14F4N2O2/c16-10-2-1-3-11-8(10)6-7-21(11)14(23)9-4-5-12(15(17,18)19)20-13(9)22/h1-3,9,12H,4-7H2,(H,20,22)/t9-,12-/m1/s1. The number of halogens is 4. The Kier molecular flexibility index (Phi) is 3.77. The SMILES string of the molecule is O=C1N[C@@H](C(F)(F)F)CC[C@H]1C(=O)N1CCc2c(F)cccc21. The highest BCUT2D eigenvalue weighted by Crippen LogP contribution is 2.34. The van der Waals surface area contributed by atoms with Crippen LogP contribution in [0.5, 0.6) is 0 Å². The molecule has 3 rings (SSSR count). The molecule has 0 aromatic heterocycles. The largest absolute Gasteiger partial charge is 0.408 e. The molecule has 0 aliphatic carbocycles. The fourth-order valence-corrected chi connectivity index (χ4v) is 3.10. The fourth-order valence-electron chi connectivity index (χ4n) is 3.10. The molecule has 23 heavy (non-hydrogen) atoms. The van der Waals surface area contributed by atoms with Gasteiger partial charge in [-0.2, -0.15) is 13.2 Å². The molecule has 1 aromatic carbocycles. The van der Waals surface area contributed by atoms with Crippen LogP contribution >= 0.6 is 0 Å². The van der Waals surface area contributed by atoms with Crippen molar-refractivity contribution in [3.63, 3.8) is 0 Å². The smallest absolute Gasteiger partial charge is 0.344 e. The predicted molar refractivity (Wildman–Crippen MR) is 73.2 cm³/mol. The highest BCUT2D eigenvalue weighted by molar-refractivity contribution is 6.09. The molecule has 1 fully saturated rings. The second-order valence-corrected chi connectivity index (χ2v) is 5.71. The van der Waals surface area contributed by atoms with Crippen LogP contribution in [0.2, 0.25) is 0 Å². The molecule has 2 amide bonds. The molecule has 1 saturated heterocycles. The third-order valence-electron chi connectivity index (χ3n) is 4.31. The second kappa shape index (κ2) is 5.50. The van der Waals surface area contributed by atoms with E-state index >= 15 is 0 Å². The first kappa shape index (κ1) is 15.8. The van der Waals surface area contributed by atoms with Gasteiger partial charge in [-0.15, -0.1) is 0 Å². The number of hydrogen-bond donors (Lipinski definition) is 1. The van der Waals surface area contributed by atoms with E-state index in [4.69, 9.17) is 0 Å². The van der Waals surface area contributed by atoms with E-state index in [1.54, 1.807) is 6.07 Å². The van der Waals surface area contributed by atoms with E-state index in [1.807, 2.05) is 5.32 Å². The molecular formula is C15H14F4N2O2. The molecule has 2 aliphatic heterocycles. The maximum atomic E-state index is 13.7. The van der Waals surface area contributed by atoms with Crippen LogP contribution in [0.15, 0.2) is 18.2 Å². The van der Waals surface area contributed by atoms with Crippen molar-refractivity contribution in [2.45, 2.75) is 31.5 Å². The van der Waals surface area contributed by atoms with Gasteiger partial charge in [-0.25, -0.2) is 4.39 Å². The summed E-state index contributed by atoms with van der Waals surface area (Å²) in [5.41, 5.74) is 0.783. The van der Waals surface area contributed by atoms with Gasteiger partial charge in [0.05, 0.1) is 0 Å². The van der Waals surface area contributed by atoms with Crippen LogP contribution in [0, 0.1) is 11.7 Å². The van der Waals surface area contributed by atoms with E-state index in [9.17, 15) is 27.2 Å². The van der Waals surface area contributed by atoms with Crippen molar-refractivity contribution in [3.05, 3.63) is 29.6 Å². The molecule has 0 saturated carbocycles. The number of rotatable bonds is 1. The van der Waals surface area contributed by atoms with E-state index < -0.39 is 35.8 Å². The number of carbonyl (C=O) groups is 2. The molecule has 0 radical (unpaired) electrons. The van der Waals surface area contributed by atoms with Gasteiger partial charge in [0.15, 0.2) is 0 Å². The summed E-state index contributed by atoms with van der Waals surface area (Å²) < 4.78 is 51.6. The fraction of sp³-hybridized carbons (Fsp3) is 0.467. The van der Waals surface area contributed by atoms with Gasteiger partial charge in [0.2, 0.25) is 11.8 Å². The molecule has 8 heteroatoms. The summed E-state index contributed by atoms with van der Waals surface area (Å²) in [6.07, 6.45) is -4.70. The summed E-state index contributed by atoms with van der Waals surface area (Å²) >= 11 is 0. The Morgan fingerprint density at radius 3 is 2.65 bits per heavy atom. The number of piperidine rings is 1. The van der Waals surface area contributed by atoms with Crippen molar-refractivity contribution in [2.75, 3.05) is 11.4 Å². The summed E-state index contributed by atoms with van der Waals surface area (Å²) in [4.78, 5) is 25.7. The maximum absolute atomic E-state index is 13.7. The number of benzene rings is 1. The second-order valence-electron chi connectivity index (χ2n) is 5.71. The molecule has 4 nitrogen and oxygen atoms in total. The minimum absolute atomic E-state index is 0.171. The van der Waals surface area contributed by atoms with E-state index in [1.165, 1.54) is 17.0 Å². The topological polar surface area (TPSA) is 49.4 Å². The average molecular weight is 330 g/mol. The number of alkyl halides is 3. The zero-order valence-corrected chi connectivity index (χ0v) is 12.0. The number of hydrogen-bond acceptors (Lipinski definition) is 2. The predicted octanol–water partition coefficient (Wildman–Crippen LogP) is 2.17. The Morgan fingerprint density at radius 2 is 2.00 bits per heavy atom. The molecule has 1 aromatic rings. The van der Waals surface area contributed by atoms with Crippen LogP contribution in [-0.2, 0) is 16.0 Å². The average Bonchev–Trinajstić information content (AvgIpc) is 2.91. The summed E-state index contributed by atoms with van der Waals surface area (Å²) in [6.45, 7) is 0.224. The first-order valence-electron chi connectivity index (χ1n) is 7.25. The van der Waals surface area contributed by atoms with Crippen LogP contribution in [-0.4, -0.2) is 30.6 Å². The first-order chi connectivity index (χ1) is 10.8. The number of nitrogens with zero attached hydrogens (tertiary/aromatic N) is 1. The lowest BCUT2D eigenvalue weighted by atomic mass is 9.92. The van der Waals surface area contributed by atoms with Gasteiger partial charge in [-0.05, 0) is 31.4 Å². The Morgan fingerprint density at radius 1 is 1.26 bits per heavy atom. The number of amides is 2. The number of nitrogens with one attached hydrogen (secondary N) is 1. The molecule has 124 valence electrons. The van der Waals surface area contributed by atoms with Crippen molar-refractivity contribution in [3.8, 4) is 0 Å². The molecular weight excluding hydrogens is 316 g/mol. The number of carbonyl (C=O) groups excluding carboxylic acids is 2. The lowest BCUT2D eigenvalue weighted by molar-refractivity contribution is -0.171. The third-order valence-corrected chi connectivity index (χ3v) is 4.31. The summed E-state index contributed by atoms with van der Waals surface area (Å²) in [5.74, 6) is -3.09. The Hall–Kier alpha value is -2.12. The third kappa shape index (κ3) is 2.77. The monoisotopic (exact) mass is 330 g/mol. The quantitative estimate of drug-likeness (QED) is 0.634. The van der Waals surface area contributed by atoms with E-state index in [0.29, 0.717) is 17.7 Å². The van der Waals surface area contributed by atoms with Gasteiger partial charge in [0.1, 0.15) is 17.8 Å². The molecule has 2 aliphatic rings. The number of anilines is 1. The molecule has 0 unspecified atom stereocenters. The van der Waals surface area contributed by atoms with Gasteiger partial charge in [0.25, 0.3) is 0 Å². The lowest BCUT2D eigenvalue weighted by Gasteiger charge is -2.31. The Balaban J connectivity index is 1.76. The van der Waals surface area contributed by atoms with Crippen molar-refractivity contribution in [1.29, 1.82) is 0 Å². The molecule has 0 spiro atoms. The highest BCUT2D eigenvalue weighted by atomic mass is 19.4. The van der Waals surface area contributed by atoms with E-state index in [-0.39, 0.29) is 19.4 Å². The summed E-state index contributed by atoms with van der Waals surface area (Å²) in [7, 11) is 0. The normalized spacial score (nSPS) is 24.3. The van der Waals surface area contributed by atoms with Crippen LogP contribution in [0.4, 0.5) is 23.2 Å². The van der Waals surface area contributed by atoms with Crippen LogP contribution in [0.3, 0.4) is 0 Å². The Labute approximate surface area is 129 Å². The van der Waals surface area contributed by atoms with Crippen LogP contribution in [0.1, 0.15) is 18.4 Å². The van der Waals surface area contributed by atoms with Crippen LogP contribution in [0.25, 0.3) is 0 Å². The van der Waals surface area contributed by atoms with E-state index in [0.717, 1.165) is 0 Å². The van der Waals surface area contributed by atoms with Gasteiger partial charge < -0.3 is 10.2 Å². The van der Waals surface area contributed by atoms with Gasteiger partial charge >= 0.3 is 6.18 Å². The maximum Gasteiger partial charge on any atom is 0.408 e. The van der Waals surface area contributed by atoms with Crippen molar-refractivity contribution in [1.82, 2.24) is 5.32 Å². The minimum atomic E-state index is -4.52. The summed E-state index contributed by atoms with van der Waals surface area (Å²) in [5, 5.41) is 1.86. The zero-order chi connectivity index (χ0) is 16.8. The lowest BCUT2D eigenvalue weighted by Crippen LogP contribution is -2.55. The minimum Gasteiger partial charge on any atom is -0.344 e. The van der Waals surface area contributed by atoms with Crippen molar-refractivity contribution >= 4 is 17.5 Å². The molecule has 1 N–H and O–H groups in total. The Bertz CT molecular complexity index is 659. The number of fused-ring (bicyclic) bond motifs is 1. The van der Waals surface area contributed by atoms with Gasteiger partial charge in [-0.3, -0.25) is 9.59 Å². The first-order valence-corrected chi connectivity index (χ1v) is 7.25. The van der Waals surface area contributed by atoms with Crippen molar-refractivity contribution in [2.24, 2.45) is 5.92 Å². The molecule has 2 atom stereocenters. The zero-order valence-electron chi connectivity index (χ0n) is 12.0. The van der Waals surface area contributed by atoms with E-state index in [2.05, 4.69) is 0 Å². The summed E-state index contributed by atoms with van der Waals surface area (Å²) in [6, 6.07) is 2.40. The molecule has 2 heterocycles.